The first-order chi connectivity index (χ1) is 8.47. The number of ketones is 1. The summed E-state index contributed by atoms with van der Waals surface area (Å²) in [5.74, 6) is 0.176. The van der Waals surface area contributed by atoms with Crippen LogP contribution in [-0.4, -0.2) is 15.8 Å². The van der Waals surface area contributed by atoms with Gasteiger partial charge in [0.2, 0.25) is 0 Å². The van der Waals surface area contributed by atoms with E-state index in [0.29, 0.717) is 0 Å². The van der Waals surface area contributed by atoms with Crippen molar-refractivity contribution in [1.82, 2.24) is 9.97 Å². The van der Waals surface area contributed by atoms with Crippen LogP contribution in [0.2, 0.25) is 0 Å². The first-order valence-corrected chi connectivity index (χ1v) is 5.91. The van der Waals surface area contributed by atoms with Crippen molar-refractivity contribution in [3.63, 3.8) is 0 Å². The SMILES string of the molecule is CC(=O)c1nc(C)cc(-c2ccc(C)cc2C)n1. The lowest BCUT2D eigenvalue weighted by molar-refractivity contribution is 0.100. The topological polar surface area (TPSA) is 42.9 Å². The number of carbonyl (C=O) groups is 1. The molecule has 2 rings (SSSR count). The van der Waals surface area contributed by atoms with E-state index in [1.165, 1.54) is 12.5 Å². The number of hydrogen-bond donors (Lipinski definition) is 0. The molecule has 92 valence electrons. The molecule has 0 saturated heterocycles. The molecule has 3 nitrogen and oxygen atoms in total. The van der Waals surface area contributed by atoms with Crippen molar-refractivity contribution in [2.45, 2.75) is 27.7 Å². The highest BCUT2D eigenvalue weighted by Gasteiger charge is 2.09. The molecule has 0 amide bonds. The van der Waals surface area contributed by atoms with Crippen LogP contribution in [0.5, 0.6) is 0 Å². The van der Waals surface area contributed by atoms with E-state index in [0.717, 1.165) is 22.5 Å². The summed E-state index contributed by atoms with van der Waals surface area (Å²) in [7, 11) is 0. The maximum atomic E-state index is 11.4. The molecule has 1 aromatic carbocycles. The van der Waals surface area contributed by atoms with Crippen molar-refractivity contribution in [3.8, 4) is 11.3 Å². The van der Waals surface area contributed by atoms with E-state index in [4.69, 9.17) is 0 Å². The first kappa shape index (κ1) is 12.4. The molecule has 0 saturated carbocycles. The predicted octanol–water partition coefficient (Wildman–Crippen LogP) is 3.27. The molecular weight excluding hydrogens is 224 g/mol. The van der Waals surface area contributed by atoms with Crippen LogP contribution in [0, 0.1) is 20.8 Å². The van der Waals surface area contributed by atoms with Gasteiger partial charge in [-0.25, -0.2) is 9.97 Å². The van der Waals surface area contributed by atoms with Gasteiger partial charge >= 0.3 is 0 Å². The van der Waals surface area contributed by atoms with E-state index in [-0.39, 0.29) is 11.6 Å². The molecule has 2 aromatic rings. The molecule has 0 N–H and O–H groups in total. The number of benzene rings is 1. The number of Topliss-reactive ketones (excluding diaryl/α,β-unsaturated/α-hetero) is 1. The summed E-state index contributed by atoms with van der Waals surface area (Å²) in [5.41, 5.74) is 5.04. The lowest BCUT2D eigenvalue weighted by Crippen LogP contribution is -2.04. The highest BCUT2D eigenvalue weighted by molar-refractivity contribution is 5.90. The molecule has 1 heterocycles. The van der Waals surface area contributed by atoms with Crippen molar-refractivity contribution in [2.24, 2.45) is 0 Å². The van der Waals surface area contributed by atoms with Crippen LogP contribution in [0.1, 0.15) is 34.4 Å². The summed E-state index contributed by atoms with van der Waals surface area (Å²) in [4.78, 5) is 19.9. The molecular formula is C15H16N2O. The van der Waals surface area contributed by atoms with Gasteiger partial charge in [-0.05, 0) is 32.4 Å². The zero-order valence-corrected chi connectivity index (χ0v) is 11.1. The maximum Gasteiger partial charge on any atom is 0.196 e. The van der Waals surface area contributed by atoms with Gasteiger partial charge in [-0.1, -0.05) is 23.8 Å². The Morgan fingerprint density at radius 3 is 2.39 bits per heavy atom. The molecule has 0 bridgehead atoms. The van der Waals surface area contributed by atoms with Crippen LogP contribution in [0.4, 0.5) is 0 Å². The van der Waals surface area contributed by atoms with Crippen LogP contribution in [0.25, 0.3) is 11.3 Å². The zero-order chi connectivity index (χ0) is 13.3. The molecule has 0 atom stereocenters. The summed E-state index contributed by atoms with van der Waals surface area (Å²) < 4.78 is 0. The third kappa shape index (κ3) is 2.45. The third-order valence-corrected chi connectivity index (χ3v) is 2.83. The Bertz CT molecular complexity index is 618. The van der Waals surface area contributed by atoms with Crippen LogP contribution in [0.15, 0.2) is 24.3 Å². The molecule has 0 aliphatic heterocycles. The number of carbonyl (C=O) groups excluding carboxylic acids is 1. The zero-order valence-electron chi connectivity index (χ0n) is 11.1. The van der Waals surface area contributed by atoms with Gasteiger partial charge in [0.05, 0.1) is 5.69 Å². The standard InChI is InChI=1S/C15H16N2O/c1-9-5-6-13(10(2)7-9)14-8-11(3)16-15(17-14)12(4)18/h5-8H,1-4H3. The normalized spacial score (nSPS) is 10.4. The largest absolute Gasteiger partial charge is 0.291 e. The molecule has 0 radical (unpaired) electrons. The molecule has 0 fully saturated rings. The van der Waals surface area contributed by atoms with E-state index in [1.54, 1.807) is 0 Å². The van der Waals surface area contributed by atoms with Crippen molar-refractivity contribution in [1.29, 1.82) is 0 Å². The lowest BCUT2D eigenvalue weighted by Gasteiger charge is -2.08. The highest BCUT2D eigenvalue weighted by atomic mass is 16.1. The Balaban J connectivity index is 2.60. The summed E-state index contributed by atoms with van der Waals surface area (Å²) in [6, 6.07) is 8.11. The quantitative estimate of drug-likeness (QED) is 0.756. The van der Waals surface area contributed by atoms with Crippen molar-refractivity contribution < 1.29 is 4.79 Å². The van der Waals surface area contributed by atoms with Crippen LogP contribution >= 0.6 is 0 Å². The van der Waals surface area contributed by atoms with E-state index in [1.807, 2.05) is 32.0 Å². The summed E-state index contributed by atoms with van der Waals surface area (Å²) in [6.07, 6.45) is 0. The number of hydrogen-bond acceptors (Lipinski definition) is 3. The van der Waals surface area contributed by atoms with E-state index >= 15 is 0 Å². The lowest BCUT2D eigenvalue weighted by atomic mass is 10.0. The third-order valence-electron chi connectivity index (χ3n) is 2.83. The second-order valence-corrected chi connectivity index (χ2v) is 4.59. The number of nitrogens with zero attached hydrogens (tertiary/aromatic N) is 2. The molecule has 0 unspecified atom stereocenters. The highest BCUT2D eigenvalue weighted by Crippen LogP contribution is 2.23. The van der Waals surface area contributed by atoms with Gasteiger partial charge in [0.1, 0.15) is 0 Å². The molecule has 3 heteroatoms. The second-order valence-electron chi connectivity index (χ2n) is 4.59. The summed E-state index contributed by atoms with van der Waals surface area (Å²) in [5, 5.41) is 0. The van der Waals surface area contributed by atoms with Crippen LogP contribution in [-0.2, 0) is 0 Å². The Kier molecular flexibility index (Phi) is 3.24. The van der Waals surface area contributed by atoms with Gasteiger partial charge in [0, 0.05) is 18.2 Å². The molecule has 0 aliphatic carbocycles. The Morgan fingerprint density at radius 2 is 1.78 bits per heavy atom. The van der Waals surface area contributed by atoms with Crippen molar-refractivity contribution in [2.75, 3.05) is 0 Å². The van der Waals surface area contributed by atoms with Gasteiger partial charge in [-0.3, -0.25) is 4.79 Å². The second kappa shape index (κ2) is 4.69. The molecule has 1 aromatic heterocycles. The monoisotopic (exact) mass is 240 g/mol. The predicted molar refractivity (Wildman–Crippen MR) is 71.7 cm³/mol. The van der Waals surface area contributed by atoms with Gasteiger partial charge in [-0.15, -0.1) is 0 Å². The number of aryl methyl sites for hydroxylation is 3. The fourth-order valence-electron chi connectivity index (χ4n) is 1.96. The Labute approximate surface area is 107 Å². The fraction of sp³-hybridized carbons (Fsp3) is 0.267. The number of aromatic nitrogens is 2. The minimum Gasteiger partial charge on any atom is -0.291 e. The minimum atomic E-state index is -0.107. The first-order valence-electron chi connectivity index (χ1n) is 5.91. The van der Waals surface area contributed by atoms with Gasteiger partial charge in [-0.2, -0.15) is 0 Å². The average Bonchev–Trinajstić information content (AvgIpc) is 2.27. The van der Waals surface area contributed by atoms with Gasteiger partial charge in [0.25, 0.3) is 0 Å². The fourth-order valence-corrected chi connectivity index (χ4v) is 1.96. The van der Waals surface area contributed by atoms with Gasteiger partial charge in [0.15, 0.2) is 11.6 Å². The average molecular weight is 240 g/mol. The maximum absolute atomic E-state index is 11.4. The Hall–Kier alpha value is -2.03. The molecule has 18 heavy (non-hydrogen) atoms. The smallest absolute Gasteiger partial charge is 0.196 e. The summed E-state index contributed by atoms with van der Waals surface area (Å²) >= 11 is 0. The van der Waals surface area contributed by atoms with Crippen molar-refractivity contribution in [3.05, 3.63) is 46.9 Å². The van der Waals surface area contributed by atoms with E-state index < -0.39 is 0 Å². The van der Waals surface area contributed by atoms with Crippen molar-refractivity contribution >= 4 is 5.78 Å². The summed E-state index contributed by atoms with van der Waals surface area (Å²) in [6.45, 7) is 7.47. The molecule has 0 spiro atoms. The van der Waals surface area contributed by atoms with E-state index in [2.05, 4.69) is 23.0 Å². The number of rotatable bonds is 2. The minimum absolute atomic E-state index is 0.107. The van der Waals surface area contributed by atoms with E-state index in [9.17, 15) is 4.79 Å². The van der Waals surface area contributed by atoms with Crippen LogP contribution < -0.4 is 0 Å². The van der Waals surface area contributed by atoms with Gasteiger partial charge < -0.3 is 0 Å². The molecule has 0 aliphatic rings. The van der Waals surface area contributed by atoms with Crippen LogP contribution in [0.3, 0.4) is 0 Å². The Morgan fingerprint density at radius 1 is 1.06 bits per heavy atom.